The second-order valence-electron chi connectivity index (χ2n) is 6.10. The molecule has 0 aliphatic rings. The SMILES string of the molecule is Cc1cc(C)c(SCC(=O)N/N=C/c2c[nH]c3ccccc23)c(C)c1. The van der Waals surface area contributed by atoms with Crippen molar-refractivity contribution in [2.75, 3.05) is 5.75 Å². The predicted octanol–water partition coefficient (Wildman–Crippen LogP) is 4.34. The number of aryl methyl sites for hydroxylation is 3. The van der Waals surface area contributed by atoms with Gasteiger partial charge in [0.15, 0.2) is 0 Å². The van der Waals surface area contributed by atoms with Gasteiger partial charge < -0.3 is 4.98 Å². The van der Waals surface area contributed by atoms with E-state index in [0.29, 0.717) is 5.75 Å². The van der Waals surface area contributed by atoms with Gasteiger partial charge in [0.1, 0.15) is 0 Å². The van der Waals surface area contributed by atoms with Crippen molar-refractivity contribution >= 4 is 34.8 Å². The Hall–Kier alpha value is -2.53. The number of aromatic amines is 1. The molecular formula is C20H21N3OS. The lowest BCUT2D eigenvalue weighted by atomic mass is 10.1. The summed E-state index contributed by atoms with van der Waals surface area (Å²) in [7, 11) is 0. The third-order valence-corrected chi connectivity index (χ3v) is 5.31. The van der Waals surface area contributed by atoms with Crippen molar-refractivity contribution in [1.82, 2.24) is 10.4 Å². The molecule has 0 aliphatic heterocycles. The van der Waals surface area contributed by atoms with E-state index >= 15 is 0 Å². The first-order valence-corrected chi connectivity index (χ1v) is 9.12. The van der Waals surface area contributed by atoms with E-state index < -0.39 is 0 Å². The van der Waals surface area contributed by atoms with Crippen molar-refractivity contribution in [2.24, 2.45) is 5.10 Å². The molecule has 25 heavy (non-hydrogen) atoms. The van der Waals surface area contributed by atoms with Crippen LogP contribution in [0.5, 0.6) is 0 Å². The molecule has 3 aromatic rings. The number of aromatic nitrogens is 1. The maximum absolute atomic E-state index is 12.0. The van der Waals surface area contributed by atoms with Gasteiger partial charge in [0.2, 0.25) is 5.91 Å². The van der Waals surface area contributed by atoms with Crippen LogP contribution in [0, 0.1) is 20.8 Å². The largest absolute Gasteiger partial charge is 0.361 e. The Labute approximate surface area is 151 Å². The quantitative estimate of drug-likeness (QED) is 0.408. The summed E-state index contributed by atoms with van der Waals surface area (Å²) >= 11 is 1.55. The number of carbonyl (C=O) groups excluding carboxylic acids is 1. The van der Waals surface area contributed by atoms with Crippen LogP contribution in [0.1, 0.15) is 22.3 Å². The molecule has 0 radical (unpaired) electrons. The molecule has 1 amide bonds. The van der Waals surface area contributed by atoms with Gasteiger partial charge in [-0.25, -0.2) is 5.43 Å². The van der Waals surface area contributed by atoms with E-state index in [0.717, 1.165) is 16.5 Å². The smallest absolute Gasteiger partial charge is 0.250 e. The molecule has 128 valence electrons. The van der Waals surface area contributed by atoms with E-state index in [1.54, 1.807) is 18.0 Å². The Kier molecular flexibility index (Phi) is 5.24. The van der Waals surface area contributed by atoms with Gasteiger partial charge in [0.25, 0.3) is 0 Å². The summed E-state index contributed by atoms with van der Waals surface area (Å²) in [6, 6.07) is 12.3. The van der Waals surface area contributed by atoms with Gasteiger partial charge in [-0.05, 0) is 38.0 Å². The molecule has 0 atom stereocenters. The number of nitrogens with one attached hydrogen (secondary N) is 2. The van der Waals surface area contributed by atoms with Crippen LogP contribution in [0.3, 0.4) is 0 Å². The maximum atomic E-state index is 12.0. The normalized spacial score (nSPS) is 11.3. The molecule has 0 spiro atoms. The third kappa shape index (κ3) is 4.12. The molecule has 1 heterocycles. The van der Waals surface area contributed by atoms with Crippen LogP contribution in [-0.2, 0) is 4.79 Å². The zero-order valence-corrected chi connectivity index (χ0v) is 15.4. The predicted molar refractivity (Wildman–Crippen MR) is 105 cm³/mol. The molecule has 2 aromatic carbocycles. The zero-order valence-electron chi connectivity index (χ0n) is 14.6. The van der Waals surface area contributed by atoms with E-state index in [1.807, 2.05) is 30.5 Å². The Bertz CT molecular complexity index is 920. The molecule has 0 saturated carbocycles. The Morgan fingerprint density at radius 1 is 1.20 bits per heavy atom. The van der Waals surface area contributed by atoms with Crippen molar-refractivity contribution in [2.45, 2.75) is 25.7 Å². The number of thioether (sulfide) groups is 1. The maximum Gasteiger partial charge on any atom is 0.250 e. The number of amides is 1. The van der Waals surface area contributed by atoms with Crippen LogP contribution in [0.2, 0.25) is 0 Å². The van der Waals surface area contributed by atoms with Gasteiger partial charge in [0.05, 0.1) is 12.0 Å². The Morgan fingerprint density at radius 2 is 1.92 bits per heavy atom. The molecule has 1 aromatic heterocycles. The van der Waals surface area contributed by atoms with E-state index in [9.17, 15) is 4.79 Å². The number of para-hydroxylation sites is 1. The summed E-state index contributed by atoms with van der Waals surface area (Å²) in [4.78, 5) is 16.4. The van der Waals surface area contributed by atoms with Crippen LogP contribution < -0.4 is 5.43 Å². The lowest BCUT2D eigenvalue weighted by Gasteiger charge is -2.10. The number of carbonyl (C=O) groups is 1. The first-order chi connectivity index (χ1) is 12.0. The van der Waals surface area contributed by atoms with E-state index in [1.165, 1.54) is 21.6 Å². The van der Waals surface area contributed by atoms with Gasteiger partial charge in [-0.2, -0.15) is 5.10 Å². The van der Waals surface area contributed by atoms with Crippen LogP contribution in [0.4, 0.5) is 0 Å². The molecule has 0 aliphatic carbocycles. The number of fused-ring (bicyclic) bond motifs is 1. The van der Waals surface area contributed by atoms with Crippen molar-refractivity contribution in [1.29, 1.82) is 0 Å². The number of hydrogen-bond acceptors (Lipinski definition) is 3. The first kappa shape index (κ1) is 17.3. The number of nitrogens with zero attached hydrogens (tertiary/aromatic N) is 1. The van der Waals surface area contributed by atoms with Crippen molar-refractivity contribution in [3.63, 3.8) is 0 Å². The molecule has 0 bridgehead atoms. The van der Waals surface area contributed by atoms with Crippen LogP contribution in [-0.4, -0.2) is 22.9 Å². The van der Waals surface area contributed by atoms with E-state index in [-0.39, 0.29) is 5.91 Å². The molecule has 0 saturated heterocycles. The minimum atomic E-state index is -0.111. The number of hydrogen-bond donors (Lipinski definition) is 2. The molecule has 5 heteroatoms. The summed E-state index contributed by atoms with van der Waals surface area (Å²) < 4.78 is 0. The number of H-pyrrole nitrogens is 1. The highest BCUT2D eigenvalue weighted by Gasteiger charge is 2.08. The molecule has 0 fully saturated rings. The van der Waals surface area contributed by atoms with Gasteiger partial charge in [-0.3, -0.25) is 4.79 Å². The average molecular weight is 351 g/mol. The monoisotopic (exact) mass is 351 g/mol. The molecule has 0 unspecified atom stereocenters. The highest BCUT2D eigenvalue weighted by Crippen LogP contribution is 2.27. The van der Waals surface area contributed by atoms with Crippen LogP contribution in [0.25, 0.3) is 10.9 Å². The second-order valence-corrected chi connectivity index (χ2v) is 7.08. The van der Waals surface area contributed by atoms with Crippen molar-refractivity contribution < 1.29 is 4.79 Å². The van der Waals surface area contributed by atoms with Crippen molar-refractivity contribution in [3.8, 4) is 0 Å². The third-order valence-electron chi connectivity index (χ3n) is 3.97. The fraction of sp³-hybridized carbons (Fsp3) is 0.200. The minimum Gasteiger partial charge on any atom is -0.361 e. The van der Waals surface area contributed by atoms with Crippen molar-refractivity contribution in [3.05, 3.63) is 64.8 Å². The first-order valence-electron chi connectivity index (χ1n) is 8.13. The lowest BCUT2D eigenvalue weighted by molar-refractivity contribution is -0.118. The number of rotatable bonds is 5. The fourth-order valence-electron chi connectivity index (χ4n) is 2.94. The Balaban J connectivity index is 1.58. The van der Waals surface area contributed by atoms with Crippen LogP contribution in [0.15, 0.2) is 52.6 Å². The number of benzene rings is 2. The van der Waals surface area contributed by atoms with Gasteiger partial charge in [0, 0.05) is 27.6 Å². The molecule has 2 N–H and O–H groups in total. The van der Waals surface area contributed by atoms with Crippen LogP contribution >= 0.6 is 11.8 Å². The summed E-state index contributed by atoms with van der Waals surface area (Å²) in [6.45, 7) is 6.24. The van der Waals surface area contributed by atoms with Gasteiger partial charge in [-0.15, -0.1) is 11.8 Å². The lowest BCUT2D eigenvalue weighted by Crippen LogP contribution is -2.19. The summed E-state index contributed by atoms with van der Waals surface area (Å²) in [6.07, 6.45) is 3.55. The number of hydrazone groups is 1. The zero-order chi connectivity index (χ0) is 17.8. The average Bonchev–Trinajstić information content (AvgIpc) is 2.97. The standard InChI is InChI=1S/C20H21N3OS/c1-13-8-14(2)20(15(3)9-13)25-12-19(24)23-22-11-16-10-21-18-7-5-4-6-17(16)18/h4-11,21H,12H2,1-3H3,(H,23,24)/b22-11+. The van der Waals surface area contributed by atoms with E-state index in [2.05, 4.69) is 48.4 Å². The van der Waals surface area contributed by atoms with E-state index in [4.69, 9.17) is 0 Å². The summed E-state index contributed by atoms with van der Waals surface area (Å²) in [5, 5.41) is 5.16. The Morgan fingerprint density at radius 3 is 2.68 bits per heavy atom. The highest BCUT2D eigenvalue weighted by molar-refractivity contribution is 8.00. The topological polar surface area (TPSA) is 57.2 Å². The molecular weight excluding hydrogens is 330 g/mol. The molecule has 3 rings (SSSR count). The van der Waals surface area contributed by atoms with Gasteiger partial charge in [-0.1, -0.05) is 35.9 Å². The summed E-state index contributed by atoms with van der Waals surface area (Å²) in [5.74, 6) is 0.233. The fourth-order valence-corrected chi connectivity index (χ4v) is 3.85. The minimum absolute atomic E-state index is 0.111. The molecule has 4 nitrogen and oxygen atoms in total. The van der Waals surface area contributed by atoms with Gasteiger partial charge >= 0.3 is 0 Å². The highest BCUT2D eigenvalue weighted by atomic mass is 32.2. The summed E-state index contributed by atoms with van der Waals surface area (Å²) in [5.41, 5.74) is 8.26. The second kappa shape index (κ2) is 7.57.